The Hall–Kier alpha value is -1.69. The van der Waals surface area contributed by atoms with E-state index in [1.807, 2.05) is 0 Å². The molecule has 0 heterocycles. The number of nitro benzene ring substituents is 1. The molecule has 0 atom stereocenters. The zero-order valence-electron chi connectivity index (χ0n) is 11.3. The summed E-state index contributed by atoms with van der Waals surface area (Å²) in [5.41, 5.74) is 0.847. The fourth-order valence-electron chi connectivity index (χ4n) is 2.44. The summed E-state index contributed by atoms with van der Waals surface area (Å²) in [7, 11) is 0. The molecule has 1 fully saturated rings. The Balaban J connectivity index is 1.85. The largest absolute Gasteiger partial charge is 0.360 e. The van der Waals surface area contributed by atoms with Gasteiger partial charge in [0.05, 0.1) is 4.92 Å². The number of nitrogens with zero attached hydrogens (tertiary/aromatic N) is 1. The van der Waals surface area contributed by atoms with Crippen LogP contribution in [0.2, 0.25) is 0 Å². The van der Waals surface area contributed by atoms with Crippen molar-refractivity contribution in [2.45, 2.75) is 44.6 Å². The predicted octanol–water partition coefficient (Wildman–Crippen LogP) is 3.60. The van der Waals surface area contributed by atoms with Crippen LogP contribution in [0.5, 0.6) is 0 Å². The molecule has 6 heteroatoms. The third kappa shape index (κ3) is 4.45. The maximum absolute atomic E-state index is 10.6. The number of hydrogen-bond acceptors (Lipinski definition) is 3. The van der Waals surface area contributed by atoms with Gasteiger partial charge >= 0.3 is 0 Å². The van der Waals surface area contributed by atoms with Crippen LogP contribution in [0, 0.1) is 10.1 Å². The van der Waals surface area contributed by atoms with Gasteiger partial charge in [-0.1, -0.05) is 25.7 Å². The first-order chi connectivity index (χ1) is 9.65. The molecule has 0 amide bonds. The standard InChI is InChI=1S/C14H19N3O2S/c18-17(19)13-9-7-12(8-10-13)16-14(20)15-11-5-3-1-2-4-6-11/h7-11H,1-6H2,(H2,15,16,20). The lowest BCUT2D eigenvalue weighted by atomic mass is 10.1. The molecule has 2 rings (SSSR count). The van der Waals surface area contributed by atoms with Crippen LogP contribution in [0.1, 0.15) is 38.5 Å². The maximum Gasteiger partial charge on any atom is 0.269 e. The normalized spacial score (nSPS) is 16.2. The average Bonchev–Trinajstić information content (AvgIpc) is 2.68. The van der Waals surface area contributed by atoms with Crippen molar-refractivity contribution in [1.29, 1.82) is 0 Å². The van der Waals surface area contributed by atoms with Crippen molar-refractivity contribution in [2.24, 2.45) is 0 Å². The zero-order chi connectivity index (χ0) is 14.4. The Bertz CT molecular complexity index is 468. The summed E-state index contributed by atoms with van der Waals surface area (Å²) < 4.78 is 0. The van der Waals surface area contributed by atoms with Gasteiger partial charge in [0.1, 0.15) is 0 Å². The first-order valence-electron chi connectivity index (χ1n) is 6.97. The molecule has 0 bridgehead atoms. The predicted molar refractivity (Wildman–Crippen MR) is 83.9 cm³/mol. The van der Waals surface area contributed by atoms with Crippen molar-refractivity contribution < 1.29 is 4.92 Å². The monoisotopic (exact) mass is 293 g/mol. The number of nitrogens with one attached hydrogen (secondary N) is 2. The van der Waals surface area contributed by atoms with E-state index in [0.717, 1.165) is 18.5 Å². The SMILES string of the molecule is O=[N+]([O-])c1ccc(NC(=S)NC2CCCCCC2)cc1. The van der Waals surface area contributed by atoms with E-state index in [0.29, 0.717) is 11.2 Å². The number of non-ortho nitro benzene ring substituents is 1. The Kier molecular flexibility index (Phi) is 5.29. The summed E-state index contributed by atoms with van der Waals surface area (Å²) >= 11 is 5.29. The van der Waals surface area contributed by atoms with E-state index in [9.17, 15) is 10.1 Å². The molecule has 1 aromatic carbocycles. The molecule has 0 saturated heterocycles. The fraction of sp³-hybridized carbons (Fsp3) is 0.500. The Morgan fingerprint density at radius 2 is 1.75 bits per heavy atom. The number of thiocarbonyl (C=S) groups is 1. The van der Waals surface area contributed by atoms with Gasteiger partial charge in [-0.2, -0.15) is 0 Å². The van der Waals surface area contributed by atoms with Gasteiger partial charge in [-0.15, -0.1) is 0 Å². The van der Waals surface area contributed by atoms with E-state index in [1.165, 1.54) is 37.8 Å². The minimum atomic E-state index is -0.411. The topological polar surface area (TPSA) is 67.2 Å². The minimum Gasteiger partial charge on any atom is -0.360 e. The number of anilines is 1. The van der Waals surface area contributed by atoms with Gasteiger partial charge in [0, 0.05) is 23.9 Å². The molecule has 20 heavy (non-hydrogen) atoms. The van der Waals surface area contributed by atoms with E-state index in [-0.39, 0.29) is 5.69 Å². The second kappa shape index (κ2) is 7.19. The highest BCUT2D eigenvalue weighted by Crippen LogP contribution is 2.18. The third-order valence-corrected chi connectivity index (χ3v) is 3.75. The quantitative estimate of drug-likeness (QED) is 0.386. The van der Waals surface area contributed by atoms with Gasteiger partial charge in [-0.05, 0) is 37.2 Å². The first kappa shape index (κ1) is 14.7. The minimum absolute atomic E-state index is 0.0817. The van der Waals surface area contributed by atoms with Gasteiger partial charge in [0.2, 0.25) is 0 Å². The lowest BCUT2D eigenvalue weighted by Crippen LogP contribution is -2.37. The van der Waals surface area contributed by atoms with Crippen LogP contribution < -0.4 is 10.6 Å². The molecular weight excluding hydrogens is 274 g/mol. The lowest BCUT2D eigenvalue weighted by Gasteiger charge is -2.19. The third-order valence-electron chi connectivity index (χ3n) is 3.53. The van der Waals surface area contributed by atoms with Gasteiger partial charge in [-0.25, -0.2) is 0 Å². The summed E-state index contributed by atoms with van der Waals surface area (Å²) in [6, 6.07) is 6.71. The first-order valence-corrected chi connectivity index (χ1v) is 7.38. The number of nitro groups is 1. The zero-order valence-corrected chi connectivity index (χ0v) is 12.1. The molecule has 1 saturated carbocycles. The average molecular weight is 293 g/mol. The van der Waals surface area contributed by atoms with Gasteiger partial charge in [-0.3, -0.25) is 10.1 Å². The molecule has 1 aliphatic rings. The highest BCUT2D eigenvalue weighted by molar-refractivity contribution is 7.80. The van der Waals surface area contributed by atoms with Crippen molar-refractivity contribution >= 4 is 28.7 Å². The van der Waals surface area contributed by atoms with E-state index in [1.54, 1.807) is 12.1 Å². The van der Waals surface area contributed by atoms with E-state index < -0.39 is 4.92 Å². The molecule has 0 aliphatic heterocycles. The maximum atomic E-state index is 10.6. The summed E-state index contributed by atoms with van der Waals surface area (Å²) in [5.74, 6) is 0. The van der Waals surface area contributed by atoms with Crippen LogP contribution in [-0.4, -0.2) is 16.1 Å². The van der Waals surface area contributed by atoms with Crippen molar-refractivity contribution in [1.82, 2.24) is 5.32 Å². The lowest BCUT2D eigenvalue weighted by molar-refractivity contribution is -0.384. The molecule has 0 radical (unpaired) electrons. The second-order valence-corrected chi connectivity index (χ2v) is 5.50. The van der Waals surface area contributed by atoms with Crippen LogP contribution in [0.3, 0.4) is 0 Å². The number of rotatable bonds is 3. The van der Waals surface area contributed by atoms with Gasteiger partial charge in [0.25, 0.3) is 5.69 Å². The van der Waals surface area contributed by atoms with Crippen LogP contribution in [0.25, 0.3) is 0 Å². The van der Waals surface area contributed by atoms with E-state index >= 15 is 0 Å². The molecule has 5 nitrogen and oxygen atoms in total. The Morgan fingerprint density at radius 1 is 1.15 bits per heavy atom. The molecule has 108 valence electrons. The van der Waals surface area contributed by atoms with Gasteiger partial charge in [0.15, 0.2) is 5.11 Å². The molecule has 0 unspecified atom stereocenters. The number of hydrogen-bond donors (Lipinski definition) is 2. The molecule has 1 aliphatic carbocycles. The van der Waals surface area contributed by atoms with Gasteiger partial charge < -0.3 is 10.6 Å². The van der Waals surface area contributed by atoms with Crippen molar-refractivity contribution in [2.75, 3.05) is 5.32 Å². The Morgan fingerprint density at radius 3 is 2.30 bits per heavy atom. The van der Waals surface area contributed by atoms with Crippen LogP contribution in [0.4, 0.5) is 11.4 Å². The molecule has 1 aromatic rings. The molecule has 2 N–H and O–H groups in total. The molecule has 0 aromatic heterocycles. The van der Waals surface area contributed by atoms with E-state index in [4.69, 9.17) is 12.2 Å². The fourth-order valence-corrected chi connectivity index (χ4v) is 2.73. The number of benzene rings is 1. The highest BCUT2D eigenvalue weighted by Gasteiger charge is 2.13. The van der Waals surface area contributed by atoms with Crippen molar-refractivity contribution in [3.8, 4) is 0 Å². The summed E-state index contributed by atoms with van der Waals surface area (Å²) in [6.07, 6.45) is 7.42. The highest BCUT2D eigenvalue weighted by atomic mass is 32.1. The smallest absolute Gasteiger partial charge is 0.269 e. The summed E-state index contributed by atoms with van der Waals surface area (Å²) in [4.78, 5) is 10.2. The second-order valence-electron chi connectivity index (χ2n) is 5.09. The Labute approximate surface area is 123 Å². The summed E-state index contributed by atoms with van der Waals surface area (Å²) in [6.45, 7) is 0. The van der Waals surface area contributed by atoms with Crippen LogP contribution in [0.15, 0.2) is 24.3 Å². The summed E-state index contributed by atoms with van der Waals surface area (Å²) in [5, 5.41) is 17.6. The van der Waals surface area contributed by atoms with Crippen LogP contribution >= 0.6 is 12.2 Å². The molecule has 0 spiro atoms. The van der Waals surface area contributed by atoms with Crippen LogP contribution in [-0.2, 0) is 0 Å². The van der Waals surface area contributed by atoms with E-state index in [2.05, 4.69) is 10.6 Å². The van der Waals surface area contributed by atoms with Crippen molar-refractivity contribution in [3.63, 3.8) is 0 Å². The van der Waals surface area contributed by atoms with Crippen molar-refractivity contribution in [3.05, 3.63) is 34.4 Å². The molecular formula is C14H19N3O2S.